The molecule has 0 atom stereocenters. The zero-order valence-corrected chi connectivity index (χ0v) is 15.1. The van der Waals surface area contributed by atoms with Crippen molar-refractivity contribution in [3.05, 3.63) is 59.9 Å². The third-order valence-electron chi connectivity index (χ3n) is 4.88. The van der Waals surface area contributed by atoms with Crippen molar-refractivity contribution >= 4 is 22.8 Å². The number of nitrogens with zero attached hydrogens (tertiary/aromatic N) is 6. The lowest BCUT2D eigenvalue weighted by Gasteiger charge is -2.19. The Bertz CT molecular complexity index is 1040. The van der Waals surface area contributed by atoms with Gasteiger partial charge in [-0.05, 0) is 17.7 Å². The first-order valence-electron chi connectivity index (χ1n) is 8.78. The molecule has 0 saturated carbocycles. The summed E-state index contributed by atoms with van der Waals surface area (Å²) in [6, 6.07) is 16.7. The van der Waals surface area contributed by atoms with Crippen LogP contribution >= 0.6 is 11.7 Å². The summed E-state index contributed by atoms with van der Waals surface area (Å²) in [6.07, 6.45) is 0.917. The Labute approximate surface area is 155 Å². The minimum absolute atomic E-state index is 0.910. The van der Waals surface area contributed by atoms with Crippen molar-refractivity contribution in [3.8, 4) is 11.4 Å². The number of benzene rings is 2. The fourth-order valence-electron chi connectivity index (χ4n) is 3.51. The van der Waals surface area contributed by atoms with Crippen LogP contribution in [0.4, 0.5) is 0 Å². The first kappa shape index (κ1) is 15.6. The third-order valence-corrected chi connectivity index (χ3v) is 5.43. The largest absolute Gasteiger partial charge is 0.310 e. The lowest BCUT2D eigenvalue weighted by molar-refractivity contribution is 0.271. The van der Waals surface area contributed by atoms with E-state index in [9.17, 15) is 0 Å². The summed E-state index contributed by atoms with van der Waals surface area (Å²) < 4.78 is 10.9. The standard InChI is InChI=1S/C19H18N6S/c1-2-4-15(5-3-1)19-21-20-18-8-9-24(10-11-25(18)19)13-14-6-7-16-17(12-14)23-26-22-16/h1-7,12H,8-11,13H2. The van der Waals surface area contributed by atoms with Crippen molar-refractivity contribution in [3.63, 3.8) is 0 Å². The number of aromatic nitrogens is 5. The van der Waals surface area contributed by atoms with Gasteiger partial charge in [0, 0.05) is 38.2 Å². The van der Waals surface area contributed by atoms with E-state index in [2.05, 4.69) is 58.7 Å². The Kier molecular flexibility index (Phi) is 3.95. The molecule has 4 aromatic rings. The van der Waals surface area contributed by atoms with Crippen LogP contribution in [0, 0.1) is 0 Å². The Balaban J connectivity index is 1.35. The summed E-state index contributed by atoms with van der Waals surface area (Å²) in [4.78, 5) is 2.48. The fourth-order valence-corrected chi connectivity index (χ4v) is 4.03. The van der Waals surface area contributed by atoms with E-state index >= 15 is 0 Å². The summed E-state index contributed by atoms with van der Waals surface area (Å²) >= 11 is 1.27. The average molecular weight is 362 g/mol. The van der Waals surface area contributed by atoms with Crippen LogP contribution in [-0.2, 0) is 19.5 Å². The lowest BCUT2D eigenvalue weighted by atomic mass is 10.2. The molecular formula is C19H18N6S. The molecular weight excluding hydrogens is 344 g/mol. The smallest absolute Gasteiger partial charge is 0.164 e. The predicted octanol–water partition coefficient (Wildman–Crippen LogP) is 3.01. The van der Waals surface area contributed by atoms with Crippen LogP contribution in [0.25, 0.3) is 22.4 Å². The summed E-state index contributed by atoms with van der Waals surface area (Å²) in [7, 11) is 0. The quantitative estimate of drug-likeness (QED) is 0.561. The van der Waals surface area contributed by atoms with Crippen LogP contribution < -0.4 is 0 Å². The second kappa shape index (κ2) is 6.59. The molecule has 26 heavy (non-hydrogen) atoms. The molecule has 2 aromatic heterocycles. The van der Waals surface area contributed by atoms with Crippen LogP contribution in [0.2, 0.25) is 0 Å². The lowest BCUT2D eigenvalue weighted by Crippen LogP contribution is -2.26. The van der Waals surface area contributed by atoms with Gasteiger partial charge < -0.3 is 4.57 Å². The van der Waals surface area contributed by atoms with E-state index in [0.29, 0.717) is 0 Å². The molecule has 0 bridgehead atoms. The maximum Gasteiger partial charge on any atom is 0.164 e. The SMILES string of the molecule is c1ccc(-c2nnc3n2CCN(Cc2ccc4nsnc4c2)CC3)cc1. The van der Waals surface area contributed by atoms with E-state index < -0.39 is 0 Å². The van der Waals surface area contributed by atoms with Gasteiger partial charge in [0.05, 0.1) is 11.7 Å². The highest BCUT2D eigenvalue weighted by molar-refractivity contribution is 7.00. The highest BCUT2D eigenvalue weighted by Crippen LogP contribution is 2.21. The van der Waals surface area contributed by atoms with Gasteiger partial charge in [-0.1, -0.05) is 36.4 Å². The Hall–Kier alpha value is -2.64. The molecule has 0 aliphatic carbocycles. The van der Waals surface area contributed by atoms with Gasteiger partial charge in [-0.15, -0.1) is 10.2 Å². The topological polar surface area (TPSA) is 59.7 Å². The maximum atomic E-state index is 4.44. The van der Waals surface area contributed by atoms with Crippen molar-refractivity contribution in [1.29, 1.82) is 0 Å². The van der Waals surface area contributed by atoms with Gasteiger partial charge in [-0.25, -0.2) is 0 Å². The van der Waals surface area contributed by atoms with Gasteiger partial charge in [0.2, 0.25) is 0 Å². The maximum absolute atomic E-state index is 4.44. The summed E-state index contributed by atoms with van der Waals surface area (Å²) in [5, 5.41) is 8.87. The second-order valence-corrected chi connectivity index (χ2v) is 7.10. The molecule has 0 N–H and O–H groups in total. The molecule has 3 heterocycles. The number of fused-ring (bicyclic) bond motifs is 2. The molecule has 7 heteroatoms. The molecule has 5 rings (SSSR count). The van der Waals surface area contributed by atoms with Gasteiger partial charge >= 0.3 is 0 Å². The molecule has 0 unspecified atom stereocenters. The minimum Gasteiger partial charge on any atom is -0.310 e. The number of hydrogen-bond acceptors (Lipinski definition) is 6. The van der Waals surface area contributed by atoms with Crippen molar-refractivity contribution in [2.45, 2.75) is 19.5 Å². The van der Waals surface area contributed by atoms with Gasteiger partial charge in [0.1, 0.15) is 16.9 Å². The van der Waals surface area contributed by atoms with Gasteiger partial charge in [-0.2, -0.15) is 8.75 Å². The minimum atomic E-state index is 0.910. The molecule has 0 saturated heterocycles. The monoisotopic (exact) mass is 362 g/mol. The number of rotatable bonds is 3. The van der Waals surface area contributed by atoms with E-state index in [0.717, 1.165) is 60.8 Å². The second-order valence-electron chi connectivity index (χ2n) is 6.57. The van der Waals surface area contributed by atoms with Crippen molar-refractivity contribution in [2.75, 3.05) is 13.1 Å². The van der Waals surface area contributed by atoms with Crippen LogP contribution in [0.1, 0.15) is 11.4 Å². The molecule has 0 fully saturated rings. The van der Waals surface area contributed by atoms with E-state index in [1.54, 1.807) is 0 Å². The fraction of sp³-hybridized carbons (Fsp3) is 0.263. The van der Waals surface area contributed by atoms with Crippen molar-refractivity contribution in [2.24, 2.45) is 0 Å². The molecule has 6 nitrogen and oxygen atoms in total. The first-order valence-corrected chi connectivity index (χ1v) is 9.51. The normalized spacial score (nSPS) is 15.1. The first-order chi connectivity index (χ1) is 12.9. The van der Waals surface area contributed by atoms with Gasteiger partial charge in [0.25, 0.3) is 0 Å². The van der Waals surface area contributed by atoms with Crippen molar-refractivity contribution < 1.29 is 0 Å². The molecule has 130 valence electrons. The molecule has 0 radical (unpaired) electrons. The number of hydrogen-bond donors (Lipinski definition) is 0. The molecule has 1 aliphatic heterocycles. The van der Waals surface area contributed by atoms with Gasteiger partial charge in [0.15, 0.2) is 5.82 Å². The molecule has 2 aromatic carbocycles. The zero-order chi connectivity index (χ0) is 17.3. The molecule has 0 amide bonds. The van der Waals surface area contributed by atoms with Crippen molar-refractivity contribution in [1.82, 2.24) is 28.4 Å². The highest BCUT2D eigenvalue weighted by atomic mass is 32.1. The Morgan fingerprint density at radius 2 is 1.77 bits per heavy atom. The van der Waals surface area contributed by atoms with Crippen LogP contribution in [-0.4, -0.2) is 41.5 Å². The summed E-state index contributed by atoms with van der Waals surface area (Å²) in [5.74, 6) is 2.04. The van der Waals surface area contributed by atoms with Crippen LogP contribution in [0.5, 0.6) is 0 Å². The Morgan fingerprint density at radius 3 is 2.69 bits per heavy atom. The predicted molar refractivity (Wildman–Crippen MR) is 102 cm³/mol. The van der Waals surface area contributed by atoms with E-state index in [4.69, 9.17) is 0 Å². The van der Waals surface area contributed by atoms with Gasteiger partial charge in [-0.3, -0.25) is 4.90 Å². The van der Waals surface area contributed by atoms with E-state index in [1.807, 2.05) is 18.2 Å². The summed E-state index contributed by atoms with van der Waals surface area (Å²) in [5.41, 5.74) is 4.38. The molecule has 1 aliphatic rings. The third kappa shape index (κ3) is 2.89. The molecule has 0 spiro atoms. The van der Waals surface area contributed by atoms with Crippen LogP contribution in [0.15, 0.2) is 48.5 Å². The summed E-state index contributed by atoms with van der Waals surface area (Å²) in [6.45, 7) is 3.80. The highest BCUT2D eigenvalue weighted by Gasteiger charge is 2.19. The average Bonchev–Trinajstić information content (AvgIpc) is 3.26. The van der Waals surface area contributed by atoms with Crippen LogP contribution in [0.3, 0.4) is 0 Å². The van der Waals surface area contributed by atoms with E-state index in [-0.39, 0.29) is 0 Å². The zero-order valence-electron chi connectivity index (χ0n) is 14.2. The van der Waals surface area contributed by atoms with E-state index in [1.165, 1.54) is 17.3 Å². The Morgan fingerprint density at radius 1 is 0.885 bits per heavy atom.